The van der Waals surface area contributed by atoms with Crippen LogP contribution in [0.4, 0.5) is 18.0 Å². The van der Waals surface area contributed by atoms with E-state index in [1.807, 2.05) is 53.8 Å². The fraction of sp³-hybridized carbons (Fsp3) is 0.400. The number of ether oxygens (including phenoxy) is 1. The normalized spacial score (nSPS) is 14.9. The molecule has 1 aliphatic rings. The zero-order chi connectivity index (χ0) is 26.0. The summed E-state index contributed by atoms with van der Waals surface area (Å²) < 4.78 is 47.0. The van der Waals surface area contributed by atoms with Gasteiger partial charge in [-0.1, -0.05) is 62.4 Å². The van der Waals surface area contributed by atoms with E-state index in [4.69, 9.17) is 4.74 Å². The van der Waals surface area contributed by atoms with Gasteiger partial charge in [-0.05, 0) is 42.0 Å². The summed E-state index contributed by atoms with van der Waals surface area (Å²) in [6.45, 7) is 3.09. The molecule has 1 unspecified atom stereocenters. The largest absolute Gasteiger partial charge is 0.480 e. The van der Waals surface area contributed by atoms with E-state index < -0.39 is 35.2 Å². The van der Waals surface area contributed by atoms with Gasteiger partial charge in [-0.15, -0.1) is 0 Å². The second-order valence-corrected chi connectivity index (χ2v) is 8.62. The topological polar surface area (TPSA) is 105 Å². The molecule has 188 valence electrons. The van der Waals surface area contributed by atoms with Crippen LogP contribution in [0, 0.1) is 0 Å². The van der Waals surface area contributed by atoms with E-state index in [0.29, 0.717) is 6.92 Å². The number of hydrogen-bond acceptors (Lipinski definition) is 4. The highest BCUT2D eigenvalue weighted by molar-refractivity contribution is 5.94. The first-order chi connectivity index (χ1) is 16.4. The van der Waals surface area contributed by atoms with Gasteiger partial charge in [0.15, 0.2) is 0 Å². The third-order valence-electron chi connectivity index (χ3n) is 6.69. The van der Waals surface area contributed by atoms with Gasteiger partial charge in [0.05, 0.1) is 0 Å². The maximum atomic E-state index is 14.0. The van der Waals surface area contributed by atoms with Crippen molar-refractivity contribution in [3.8, 4) is 11.1 Å². The van der Waals surface area contributed by atoms with Crippen LogP contribution < -0.4 is 10.6 Å². The molecule has 0 bridgehead atoms. The van der Waals surface area contributed by atoms with Crippen LogP contribution in [-0.4, -0.2) is 46.9 Å². The standard InChI is InChI=1S/C25H27F3N2O5/c1-4-24(5-2,21(32)33)29-20(31)23(3,25(26,27)28)30-22(34)35-14-19-17-12-8-6-10-15(17)16-11-7-9-13-18(16)19/h6-13,19H,4-5,14H2,1-3H3,(H,29,31)(H,30,34)(H,32,33). The van der Waals surface area contributed by atoms with Gasteiger partial charge in [0, 0.05) is 5.92 Å². The molecular weight excluding hydrogens is 465 g/mol. The number of fused-ring (bicyclic) bond motifs is 3. The van der Waals surface area contributed by atoms with Gasteiger partial charge in [0.25, 0.3) is 5.91 Å². The predicted octanol–water partition coefficient (Wildman–Crippen LogP) is 4.61. The molecule has 0 radical (unpaired) electrons. The minimum Gasteiger partial charge on any atom is -0.480 e. The molecule has 0 aliphatic heterocycles. The van der Waals surface area contributed by atoms with Gasteiger partial charge >= 0.3 is 18.2 Å². The monoisotopic (exact) mass is 492 g/mol. The Morgan fingerprint density at radius 1 is 0.914 bits per heavy atom. The second-order valence-electron chi connectivity index (χ2n) is 8.62. The Bertz CT molecular complexity index is 1080. The maximum absolute atomic E-state index is 14.0. The summed E-state index contributed by atoms with van der Waals surface area (Å²) in [6.07, 6.45) is -6.97. The molecule has 3 rings (SSSR count). The third kappa shape index (κ3) is 4.69. The molecule has 0 saturated carbocycles. The molecule has 2 aromatic rings. The van der Waals surface area contributed by atoms with Crippen LogP contribution in [0.1, 0.15) is 50.7 Å². The zero-order valence-corrected chi connectivity index (χ0v) is 19.5. The Labute approximate surface area is 200 Å². The van der Waals surface area contributed by atoms with Crippen molar-refractivity contribution in [2.24, 2.45) is 0 Å². The summed E-state index contributed by atoms with van der Waals surface area (Å²) in [4.78, 5) is 36.9. The molecular formula is C25H27F3N2O5. The Morgan fingerprint density at radius 3 is 1.83 bits per heavy atom. The predicted molar refractivity (Wildman–Crippen MR) is 122 cm³/mol. The van der Waals surface area contributed by atoms with E-state index in [9.17, 15) is 32.7 Å². The van der Waals surface area contributed by atoms with E-state index >= 15 is 0 Å². The summed E-state index contributed by atoms with van der Waals surface area (Å²) in [5.41, 5.74) is -1.70. The number of aliphatic carboxylic acids is 1. The molecule has 3 N–H and O–H groups in total. The van der Waals surface area contributed by atoms with Crippen molar-refractivity contribution < 1.29 is 37.4 Å². The molecule has 0 fully saturated rings. The van der Waals surface area contributed by atoms with Crippen molar-refractivity contribution in [1.29, 1.82) is 0 Å². The van der Waals surface area contributed by atoms with Gasteiger partial charge in [0.2, 0.25) is 5.54 Å². The summed E-state index contributed by atoms with van der Waals surface area (Å²) in [7, 11) is 0. The van der Waals surface area contributed by atoms with Crippen LogP contribution in [0.15, 0.2) is 48.5 Å². The number of carbonyl (C=O) groups excluding carboxylic acids is 2. The second kappa shape index (κ2) is 9.59. The number of nitrogens with one attached hydrogen (secondary N) is 2. The number of hydrogen-bond donors (Lipinski definition) is 3. The lowest BCUT2D eigenvalue weighted by Gasteiger charge is -2.36. The summed E-state index contributed by atoms with van der Waals surface area (Å²) >= 11 is 0. The fourth-order valence-corrected chi connectivity index (χ4v) is 4.22. The van der Waals surface area contributed by atoms with Crippen LogP contribution in [0.25, 0.3) is 11.1 Å². The molecule has 0 aromatic heterocycles. The SMILES string of the molecule is CCC(CC)(NC(=O)C(C)(NC(=O)OCC1c2ccccc2-c2ccccc21)C(F)(F)F)C(=O)O. The first-order valence-electron chi connectivity index (χ1n) is 11.2. The number of benzene rings is 2. The molecule has 7 nitrogen and oxygen atoms in total. The Kier molecular flexibility index (Phi) is 7.14. The van der Waals surface area contributed by atoms with Gasteiger partial charge in [-0.3, -0.25) is 10.1 Å². The zero-order valence-electron chi connectivity index (χ0n) is 19.5. The number of alkyl carbamates (subject to hydrolysis) is 1. The van der Waals surface area contributed by atoms with E-state index in [1.165, 1.54) is 13.8 Å². The van der Waals surface area contributed by atoms with Gasteiger partial charge < -0.3 is 15.2 Å². The van der Waals surface area contributed by atoms with E-state index in [2.05, 4.69) is 0 Å². The molecule has 0 spiro atoms. The first-order valence-corrected chi connectivity index (χ1v) is 11.2. The van der Waals surface area contributed by atoms with Crippen LogP contribution in [-0.2, 0) is 14.3 Å². The summed E-state index contributed by atoms with van der Waals surface area (Å²) in [5, 5.41) is 13.1. The van der Waals surface area contributed by atoms with E-state index in [1.54, 1.807) is 5.32 Å². The minimum absolute atomic E-state index is 0.149. The van der Waals surface area contributed by atoms with Crippen LogP contribution >= 0.6 is 0 Å². The quantitative estimate of drug-likeness (QED) is 0.499. The van der Waals surface area contributed by atoms with E-state index in [-0.39, 0.29) is 25.4 Å². The molecule has 2 aromatic carbocycles. The lowest BCUT2D eigenvalue weighted by Crippen LogP contribution is -2.69. The highest BCUT2D eigenvalue weighted by Crippen LogP contribution is 2.44. The van der Waals surface area contributed by atoms with Crippen LogP contribution in [0.2, 0.25) is 0 Å². The van der Waals surface area contributed by atoms with Crippen molar-refractivity contribution in [3.63, 3.8) is 0 Å². The Hall–Kier alpha value is -3.56. The Morgan fingerprint density at radius 2 is 1.40 bits per heavy atom. The van der Waals surface area contributed by atoms with Crippen molar-refractivity contribution in [2.45, 2.75) is 56.8 Å². The molecule has 2 amide bonds. The number of carbonyl (C=O) groups is 3. The fourth-order valence-electron chi connectivity index (χ4n) is 4.22. The maximum Gasteiger partial charge on any atom is 0.420 e. The first kappa shape index (κ1) is 26.1. The molecule has 1 atom stereocenters. The lowest BCUT2D eigenvalue weighted by molar-refractivity contribution is -0.196. The van der Waals surface area contributed by atoms with Gasteiger partial charge in [-0.25, -0.2) is 9.59 Å². The van der Waals surface area contributed by atoms with Gasteiger partial charge in [-0.2, -0.15) is 13.2 Å². The van der Waals surface area contributed by atoms with E-state index in [0.717, 1.165) is 22.3 Å². The Balaban J connectivity index is 1.79. The number of rotatable bonds is 8. The summed E-state index contributed by atoms with van der Waals surface area (Å²) in [6, 6.07) is 14.9. The smallest absolute Gasteiger partial charge is 0.420 e. The highest BCUT2D eigenvalue weighted by Gasteiger charge is 2.60. The van der Waals surface area contributed by atoms with Crippen molar-refractivity contribution in [2.75, 3.05) is 6.61 Å². The average Bonchev–Trinajstić information content (AvgIpc) is 3.13. The van der Waals surface area contributed by atoms with Crippen LogP contribution in [0.3, 0.4) is 0 Å². The average molecular weight is 492 g/mol. The number of alkyl halides is 3. The van der Waals surface area contributed by atoms with Crippen molar-refractivity contribution in [1.82, 2.24) is 10.6 Å². The molecule has 10 heteroatoms. The molecule has 35 heavy (non-hydrogen) atoms. The highest BCUT2D eigenvalue weighted by atomic mass is 19.4. The minimum atomic E-state index is -5.23. The van der Waals surface area contributed by atoms with Gasteiger partial charge in [0.1, 0.15) is 12.1 Å². The number of halogens is 3. The van der Waals surface area contributed by atoms with Crippen molar-refractivity contribution >= 4 is 18.0 Å². The summed E-state index contributed by atoms with van der Waals surface area (Å²) in [5.74, 6) is -3.55. The number of carboxylic acid groups (broad SMARTS) is 1. The van der Waals surface area contributed by atoms with Crippen molar-refractivity contribution in [3.05, 3.63) is 59.7 Å². The number of amides is 2. The lowest BCUT2D eigenvalue weighted by atomic mass is 9.90. The van der Waals surface area contributed by atoms with Crippen LogP contribution in [0.5, 0.6) is 0 Å². The third-order valence-corrected chi connectivity index (χ3v) is 6.69. The molecule has 0 saturated heterocycles. The number of carboxylic acids is 1. The molecule has 0 heterocycles. The molecule has 1 aliphatic carbocycles.